The Morgan fingerprint density at radius 3 is 2.00 bits per heavy atom. The van der Waals surface area contributed by atoms with Crippen molar-refractivity contribution in [2.75, 3.05) is 11.9 Å². The normalized spacial score (nSPS) is 15.7. The molecule has 10 heteroatoms. The molecule has 0 saturated carbocycles. The molecule has 1 aromatic rings. The first-order valence-corrected chi connectivity index (χ1v) is 10.1. The third-order valence-corrected chi connectivity index (χ3v) is 5.96. The van der Waals surface area contributed by atoms with Crippen LogP contribution in [0.15, 0.2) is 24.3 Å². The minimum atomic E-state index is -4.39. The van der Waals surface area contributed by atoms with E-state index in [4.69, 9.17) is 15.5 Å². The van der Waals surface area contributed by atoms with Gasteiger partial charge in [0, 0.05) is 10.9 Å². The van der Waals surface area contributed by atoms with E-state index in [0.29, 0.717) is 11.3 Å². The van der Waals surface area contributed by atoms with E-state index in [9.17, 15) is 18.9 Å². The summed E-state index contributed by atoms with van der Waals surface area (Å²) in [6.07, 6.45) is -0.178. The van der Waals surface area contributed by atoms with Crippen LogP contribution in [0.1, 0.15) is 24.1 Å². The summed E-state index contributed by atoms with van der Waals surface area (Å²) in [6.45, 7) is 0. The van der Waals surface area contributed by atoms with Crippen LogP contribution in [0.3, 0.4) is 0 Å². The fourth-order valence-electron chi connectivity index (χ4n) is 1.96. The summed E-state index contributed by atoms with van der Waals surface area (Å²) in [6, 6.07) is 6.17. The van der Waals surface area contributed by atoms with Gasteiger partial charge in [-0.1, -0.05) is 12.1 Å². The smallest absolute Gasteiger partial charge is 0.332 e. The van der Waals surface area contributed by atoms with E-state index in [1.807, 2.05) is 0 Å². The Labute approximate surface area is 128 Å². The van der Waals surface area contributed by atoms with Gasteiger partial charge in [0.05, 0.1) is 11.8 Å². The molecular formula is C11H19NO6P2S. The molecule has 0 heterocycles. The molecule has 0 bridgehead atoms. The molecule has 0 amide bonds. The number of nitrogen functional groups attached to an aromatic ring is 1. The first kappa shape index (κ1) is 18.7. The van der Waals surface area contributed by atoms with Gasteiger partial charge in [-0.3, -0.25) is 9.13 Å². The summed E-state index contributed by atoms with van der Waals surface area (Å²) < 4.78 is 22.5. The SMILES string of the molecule is Nc1ccc(C(CCC(S)CP(=O)(O)O)P(=O)(O)O)cc1. The molecule has 0 aromatic heterocycles. The molecule has 21 heavy (non-hydrogen) atoms. The fourth-order valence-corrected chi connectivity index (χ4v) is 4.53. The van der Waals surface area contributed by atoms with Gasteiger partial charge in [0.25, 0.3) is 0 Å². The molecule has 0 saturated heterocycles. The molecule has 7 nitrogen and oxygen atoms in total. The Morgan fingerprint density at radius 1 is 1.05 bits per heavy atom. The van der Waals surface area contributed by atoms with Crippen molar-refractivity contribution in [2.45, 2.75) is 23.8 Å². The zero-order valence-electron chi connectivity index (χ0n) is 11.1. The summed E-state index contributed by atoms with van der Waals surface area (Å²) in [5, 5.41) is -0.631. The van der Waals surface area contributed by atoms with Crippen molar-refractivity contribution < 1.29 is 28.7 Å². The molecule has 0 radical (unpaired) electrons. The standard InChI is InChI=1S/C11H19NO6P2S/c12-9-3-1-8(2-4-9)11(20(16,17)18)6-5-10(21)7-19(13,14)15/h1-4,10-11,21H,5-7,12H2,(H2,13,14,15)(H2,16,17,18). The van der Waals surface area contributed by atoms with Gasteiger partial charge < -0.3 is 25.3 Å². The van der Waals surface area contributed by atoms with Crippen LogP contribution in [0.25, 0.3) is 0 Å². The van der Waals surface area contributed by atoms with Gasteiger partial charge in [0.1, 0.15) is 0 Å². The summed E-state index contributed by atoms with van der Waals surface area (Å²) in [5.41, 5.74) is 5.42. The van der Waals surface area contributed by atoms with Crippen LogP contribution in [0.2, 0.25) is 0 Å². The third-order valence-electron chi connectivity index (χ3n) is 2.95. The van der Waals surface area contributed by atoms with Gasteiger partial charge >= 0.3 is 15.2 Å². The van der Waals surface area contributed by atoms with Crippen LogP contribution in [0.5, 0.6) is 0 Å². The fraction of sp³-hybridized carbons (Fsp3) is 0.455. The van der Waals surface area contributed by atoms with Crippen LogP contribution in [0, 0.1) is 0 Å². The molecule has 0 aliphatic rings. The van der Waals surface area contributed by atoms with Crippen LogP contribution in [-0.2, 0) is 9.13 Å². The monoisotopic (exact) mass is 355 g/mol. The summed E-state index contributed by atoms with van der Waals surface area (Å²) in [7, 11) is -8.58. The lowest BCUT2D eigenvalue weighted by Gasteiger charge is -2.21. The van der Waals surface area contributed by atoms with Crippen LogP contribution in [-0.4, -0.2) is 31.0 Å². The van der Waals surface area contributed by atoms with Crippen molar-refractivity contribution in [1.29, 1.82) is 0 Å². The Morgan fingerprint density at radius 2 is 1.57 bits per heavy atom. The highest BCUT2D eigenvalue weighted by Gasteiger charge is 2.31. The highest BCUT2D eigenvalue weighted by atomic mass is 32.1. The lowest BCUT2D eigenvalue weighted by molar-refractivity contribution is 0.354. The predicted octanol–water partition coefficient (Wildman–Crippen LogP) is 1.74. The van der Waals surface area contributed by atoms with Crippen LogP contribution >= 0.6 is 27.8 Å². The second-order valence-corrected chi connectivity index (χ2v) is 9.08. The van der Waals surface area contributed by atoms with Crippen LogP contribution < -0.4 is 5.73 Å². The quantitative estimate of drug-likeness (QED) is 0.249. The van der Waals surface area contributed by atoms with E-state index in [1.54, 1.807) is 12.1 Å². The number of thiol groups is 1. The molecule has 6 N–H and O–H groups in total. The largest absolute Gasteiger partial charge is 0.399 e. The van der Waals surface area contributed by atoms with Crippen molar-refractivity contribution >= 4 is 33.5 Å². The molecule has 0 spiro atoms. The molecule has 0 fully saturated rings. The minimum absolute atomic E-state index is 0.0718. The van der Waals surface area contributed by atoms with Gasteiger partial charge in [0.2, 0.25) is 0 Å². The van der Waals surface area contributed by atoms with Gasteiger partial charge in [-0.15, -0.1) is 0 Å². The van der Waals surface area contributed by atoms with Gasteiger partial charge in [0.15, 0.2) is 0 Å². The Kier molecular flexibility index (Phi) is 6.50. The predicted molar refractivity (Wildman–Crippen MR) is 84.6 cm³/mol. The van der Waals surface area contributed by atoms with Crippen molar-refractivity contribution in [2.24, 2.45) is 0 Å². The summed E-state index contributed by atoms with van der Waals surface area (Å²) >= 11 is 4.06. The molecule has 120 valence electrons. The number of hydrogen-bond donors (Lipinski definition) is 6. The van der Waals surface area contributed by atoms with Gasteiger partial charge in [-0.25, -0.2) is 0 Å². The molecule has 0 aliphatic carbocycles. The van der Waals surface area contributed by atoms with E-state index < -0.39 is 32.3 Å². The average Bonchev–Trinajstić information content (AvgIpc) is 2.27. The molecular weight excluding hydrogens is 336 g/mol. The lowest BCUT2D eigenvalue weighted by Crippen LogP contribution is -2.09. The third kappa shape index (κ3) is 6.98. The first-order valence-electron chi connectivity index (χ1n) is 6.12. The number of benzene rings is 1. The number of anilines is 1. The molecule has 1 rings (SSSR count). The second-order valence-electron chi connectivity index (χ2n) is 4.85. The average molecular weight is 355 g/mol. The molecule has 2 unspecified atom stereocenters. The number of hydrogen-bond acceptors (Lipinski definition) is 4. The van der Waals surface area contributed by atoms with E-state index >= 15 is 0 Å². The highest BCUT2D eigenvalue weighted by Crippen LogP contribution is 2.54. The van der Waals surface area contributed by atoms with E-state index in [2.05, 4.69) is 12.6 Å². The topological polar surface area (TPSA) is 141 Å². The summed E-state index contributed by atoms with van der Waals surface area (Å²) in [4.78, 5) is 36.6. The zero-order valence-corrected chi connectivity index (χ0v) is 13.8. The van der Waals surface area contributed by atoms with E-state index in [-0.39, 0.29) is 12.8 Å². The van der Waals surface area contributed by atoms with Crippen molar-refractivity contribution in [1.82, 2.24) is 0 Å². The lowest BCUT2D eigenvalue weighted by atomic mass is 10.1. The van der Waals surface area contributed by atoms with Crippen molar-refractivity contribution in [3.8, 4) is 0 Å². The second kappa shape index (κ2) is 7.29. The van der Waals surface area contributed by atoms with Gasteiger partial charge in [-0.2, -0.15) is 12.6 Å². The Hall–Kier alpha value is -0.330. The van der Waals surface area contributed by atoms with E-state index in [0.717, 1.165) is 0 Å². The van der Waals surface area contributed by atoms with Crippen molar-refractivity contribution in [3.05, 3.63) is 29.8 Å². The number of rotatable bonds is 7. The Bertz CT molecular complexity index is 554. The molecule has 2 atom stereocenters. The molecule has 1 aromatic carbocycles. The van der Waals surface area contributed by atoms with Gasteiger partial charge in [-0.05, 0) is 30.5 Å². The number of nitrogens with two attached hydrogens (primary N) is 1. The van der Waals surface area contributed by atoms with E-state index in [1.165, 1.54) is 12.1 Å². The maximum absolute atomic E-state index is 11.6. The Balaban J connectivity index is 2.79. The van der Waals surface area contributed by atoms with Crippen molar-refractivity contribution in [3.63, 3.8) is 0 Å². The maximum Gasteiger partial charge on any atom is 0.332 e. The minimum Gasteiger partial charge on any atom is -0.399 e. The van der Waals surface area contributed by atoms with Crippen LogP contribution in [0.4, 0.5) is 5.69 Å². The maximum atomic E-state index is 11.6. The summed E-state index contributed by atoms with van der Waals surface area (Å²) in [5.74, 6) is 0. The highest BCUT2D eigenvalue weighted by molar-refractivity contribution is 7.81. The zero-order chi connectivity index (χ0) is 16.3. The first-order chi connectivity index (χ1) is 9.49. The molecule has 0 aliphatic heterocycles.